The maximum absolute atomic E-state index is 11.7. The van der Waals surface area contributed by atoms with E-state index in [1.807, 2.05) is 6.26 Å². The van der Waals surface area contributed by atoms with Crippen molar-refractivity contribution in [1.29, 1.82) is 0 Å². The van der Waals surface area contributed by atoms with E-state index in [0.717, 1.165) is 6.42 Å². The van der Waals surface area contributed by atoms with Crippen LogP contribution in [0.1, 0.15) is 38.0 Å². The fraction of sp³-hybridized carbons (Fsp3) is 0.643. The first kappa shape index (κ1) is 16.4. The standard InChI is InChI=1S/C14H21N3O2S2/c1-20-10-13-16-17-14(19-13)21-9-12(18)15-8-7-11-5-3-2-4-6-11/h5H,2-4,6-10H2,1H3,(H,15,18). The molecule has 7 heteroatoms. The first-order valence-electron chi connectivity index (χ1n) is 7.16. The second-order valence-electron chi connectivity index (χ2n) is 4.89. The van der Waals surface area contributed by atoms with Crippen LogP contribution in [0.3, 0.4) is 0 Å². The first-order chi connectivity index (χ1) is 10.3. The Balaban J connectivity index is 1.61. The van der Waals surface area contributed by atoms with Gasteiger partial charge in [0.25, 0.3) is 5.22 Å². The zero-order chi connectivity index (χ0) is 14.9. The Bertz CT molecular complexity index is 488. The molecule has 1 amide bonds. The minimum absolute atomic E-state index is 0.0148. The number of aromatic nitrogens is 2. The monoisotopic (exact) mass is 327 g/mol. The summed E-state index contributed by atoms with van der Waals surface area (Å²) >= 11 is 2.91. The van der Waals surface area contributed by atoms with E-state index in [9.17, 15) is 4.79 Å². The molecule has 0 aliphatic heterocycles. The van der Waals surface area contributed by atoms with Gasteiger partial charge in [0.1, 0.15) is 0 Å². The van der Waals surface area contributed by atoms with Crippen LogP contribution in [0, 0.1) is 0 Å². The van der Waals surface area contributed by atoms with Gasteiger partial charge >= 0.3 is 0 Å². The fourth-order valence-electron chi connectivity index (χ4n) is 2.15. The number of allylic oxidation sites excluding steroid dienone is 1. The van der Waals surface area contributed by atoms with Crippen molar-refractivity contribution < 1.29 is 9.21 Å². The summed E-state index contributed by atoms with van der Waals surface area (Å²) in [6.45, 7) is 0.715. The van der Waals surface area contributed by atoms with E-state index in [1.165, 1.54) is 43.0 Å². The normalized spacial score (nSPS) is 14.8. The third kappa shape index (κ3) is 6.13. The van der Waals surface area contributed by atoms with Crippen molar-refractivity contribution in [2.45, 2.75) is 43.1 Å². The number of nitrogens with one attached hydrogen (secondary N) is 1. The van der Waals surface area contributed by atoms with E-state index in [4.69, 9.17) is 4.42 Å². The van der Waals surface area contributed by atoms with E-state index in [0.29, 0.717) is 29.2 Å². The Morgan fingerprint density at radius 1 is 1.43 bits per heavy atom. The molecule has 1 N–H and O–H groups in total. The molecule has 0 fully saturated rings. The van der Waals surface area contributed by atoms with E-state index in [-0.39, 0.29) is 5.91 Å². The maximum Gasteiger partial charge on any atom is 0.277 e. The van der Waals surface area contributed by atoms with Crippen molar-refractivity contribution in [1.82, 2.24) is 15.5 Å². The van der Waals surface area contributed by atoms with Crippen LogP contribution in [-0.4, -0.2) is 34.7 Å². The molecule has 21 heavy (non-hydrogen) atoms. The van der Waals surface area contributed by atoms with E-state index < -0.39 is 0 Å². The van der Waals surface area contributed by atoms with Crippen LogP contribution in [0.5, 0.6) is 0 Å². The quantitative estimate of drug-likeness (QED) is 0.585. The van der Waals surface area contributed by atoms with Crippen LogP contribution >= 0.6 is 23.5 Å². The van der Waals surface area contributed by atoms with Gasteiger partial charge in [0.15, 0.2) is 0 Å². The summed E-state index contributed by atoms with van der Waals surface area (Å²) < 4.78 is 5.40. The molecule has 0 saturated heterocycles. The second-order valence-corrected chi connectivity index (χ2v) is 6.68. The van der Waals surface area contributed by atoms with Crippen LogP contribution in [0.25, 0.3) is 0 Å². The molecule has 1 aliphatic carbocycles. The SMILES string of the molecule is CSCc1nnc(SCC(=O)NCCC2=CCCCC2)o1. The minimum Gasteiger partial charge on any atom is -0.415 e. The molecule has 1 aromatic rings. The van der Waals surface area contributed by atoms with Gasteiger partial charge in [-0.1, -0.05) is 23.4 Å². The molecule has 0 atom stereocenters. The zero-order valence-electron chi connectivity index (χ0n) is 12.3. The van der Waals surface area contributed by atoms with Crippen LogP contribution < -0.4 is 5.32 Å². The Morgan fingerprint density at radius 2 is 2.33 bits per heavy atom. The minimum atomic E-state index is 0.0148. The van der Waals surface area contributed by atoms with Crippen molar-refractivity contribution in [3.8, 4) is 0 Å². The Hall–Kier alpha value is -0.950. The van der Waals surface area contributed by atoms with Gasteiger partial charge in [-0.3, -0.25) is 4.79 Å². The lowest BCUT2D eigenvalue weighted by atomic mass is 9.97. The molecule has 0 saturated carbocycles. The van der Waals surface area contributed by atoms with Gasteiger partial charge in [-0.2, -0.15) is 11.8 Å². The topological polar surface area (TPSA) is 68.0 Å². The molecular weight excluding hydrogens is 306 g/mol. The van der Waals surface area contributed by atoms with Gasteiger partial charge in [-0.25, -0.2) is 0 Å². The molecule has 1 aromatic heterocycles. The number of thioether (sulfide) groups is 2. The fourth-order valence-corrected chi connectivity index (χ4v) is 3.12. The zero-order valence-corrected chi connectivity index (χ0v) is 13.9. The molecule has 0 radical (unpaired) electrons. The average molecular weight is 327 g/mol. The van der Waals surface area contributed by atoms with Crippen LogP contribution in [-0.2, 0) is 10.5 Å². The van der Waals surface area contributed by atoms with Crippen molar-refractivity contribution >= 4 is 29.4 Å². The number of nitrogens with zero attached hydrogens (tertiary/aromatic N) is 2. The highest BCUT2D eigenvalue weighted by Crippen LogP contribution is 2.20. The van der Waals surface area contributed by atoms with Crippen LogP contribution in [0.15, 0.2) is 21.3 Å². The van der Waals surface area contributed by atoms with Gasteiger partial charge in [0.2, 0.25) is 11.8 Å². The van der Waals surface area contributed by atoms with Crippen molar-refractivity contribution in [3.05, 3.63) is 17.5 Å². The van der Waals surface area contributed by atoms with E-state index >= 15 is 0 Å². The molecule has 1 heterocycles. The lowest BCUT2D eigenvalue weighted by Crippen LogP contribution is -2.26. The number of rotatable bonds is 8. The average Bonchev–Trinajstić information content (AvgIpc) is 2.94. The number of carbonyl (C=O) groups excluding carboxylic acids is 1. The predicted molar refractivity (Wildman–Crippen MR) is 86.4 cm³/mol. The highest BCUT2D eigenvalue weighted by atomic mass is 32.2. The number of amides is 1. The smallest absolute Gasteiger partial charge is 0.277 e. The van der Waals surface area contributed by atoms with Gasteiger partial charge in [-0.05, 0) is 38.4 Å². The highest BCUT2D eigenvalue weighted by Gasteiger charge is 2.09. The van der Waals surface area contributed by atoms with Gasteiger partial charge in [0, 0.05) is 6.54 Å². The number of hydrogen-bond donors (Lipinski definition) is 1. The summed E-state index contributed by atoms with van der Waals surface area (Å²) in [6.07, 6.45) is 10.2. The largest absolute Gasteiger partial charge is 0.415 e. The number of carbonyl (C=O) groups is 1. The first-order valence-corrected chi connectivity index (χ1v) is 9.54. The predicted octanol–water partition coefficient (Wildman–Crippen LogP) is 3.03. The summed E-state index contributed by atoms with van der Waals surface area (Å²) in [6, 6.07) is 0. The maximum atomic E-state index is 11.7. The molecule has 5 nitrogen and oxygen atoms in total. The summed E-state index contributed by atoms with van der Waals surface area (Å²) in [5.41, 5.74) is 1.48. The molecule has 0 aromatic carbocycles. The summed E-state index contributed by atoms with van der Waals surface area (Å²) in [7, 11) is 0. The molecule has 0 spiro atoms. The van der Waals surface area contributed by atoms with Crippen molar-refractivity contribution in [2.24, 2.45) is 0 Å². The summed E-state index contributed by atoms with van der Waals surface area (Å²) in [5, 5.41) is 11.2. The van der Waals surface area contributed by atoms with Gasteiger partial charge in [0.05, 0.1) is 11.5 Å². The number of hydrogen-bond acceptors (Lipinski definition) is 6. The third-order valence-electron chi connectivity index (χ3n) is 3.20. The van der Waals surface area contributed by atoms with Gasteiger partial charge in [-0.15, -0.1) is 10.2 Å². The molecule has 1 aliphatic rings. The Labute approximate surface area is 133 Å². The molecule has 0 bridgehead atoms. The van der Waals surface area contributed by atoms with Crippen molar-refractivity contribution in [3.63, 3.8) is 0 Å². The summed E-state index contributed by atoms with van der Waals surface area (Å²) in [5.74, 6) is 1.64. The second kappa shape index (κ2) is 9.15. The van der Waals surface area contributed by atoms with E-state index in [2.05, 4.69) is 21.6 Å². The van der Waals surface area contributed by atoms with Crippen LogP contribution in [0.4, 0.5) is 0 Å². The molecule has 116 valence electrons. The van der Waals surface area contributed by atoms with Crippen molar-refractivity contribution in [2.75, 3.05) is 18.6 Å². The van der Waals surface area contributed by atoms with Gasteiger partial charge < -0.3 is 9.73 Å². The Morgan fingerprint density at radius 3 is 3.10 bits per heavy atom. The van der Waals surface area contributed by atoms with Crippen LogP contribution in [0.2, 0.25) is 0 Å². The Kier molecular flexibility index (Phi) is 7.15. The van der Waals surface area contributed by atoms with E-state index in [1.54, 1.807) is 11.8 Å². The molecule has 2 rings (SSSR count). The lowest BCUT2D eigenvalue weighted by molar-refractivity contribution is -0.118. The highest BCUT2D eigenvalue weighted by molar-refractivity contribution is 7.99. The third-order valence-corrected chi connectivity index (χ3v) is 4.55. The summed E-state index contributed by atoms with van der Waals surface area (Å²) in [4.78, 5) is 11.7. The molecular formula is C14H21N3O2S2. The lowest BCUT2D eigenvalue weighted by Gasteiger charge is -2.12. The molecule has 0 unspecified atom stereocenters.